The van der Waals surface area contributed by atoms with E-state index in [4.69, 9.17) is 10.5 Å². The molecule has 1 atom stereocenters. The number of hydrogen-bond acceptors (Lipinski definition) is 3. The first-order chi connectivity index (χ1) is 8.72. The van der Waals surface area contributed by atoms with Crippen LogP contribution in [-0.2, 0) is 4.79 Å². The van der Waals surface area contributed by atoms with Gasteiger partial charge in [-0.05, 0) is 31.0 Å². The average molecular weight is 287 g/mol. The van der Waals surface area contributed by atoms with Gasteiger partial charge in [-0.2, -0.15) is 0 Å². The average Bonchev–Trinajstić information content (AvgIpc) is 2.42. The summed E-state index contributed by atoms with van der Waals surface area (Å²) in [6, 6.07) is 9.61. The van der Waals surface area contributed by atoms with Crippen LogP contribution in [0.5, 0.6) is 5.75 Å². The van der Waals surface area contributed by atoms with Crippen LogP contribution in [0.15, 0.2) is 30.3 Å². The van der Waals surface area contributed by atoms with E-state index in [1.165, 1.54) is 0 Å². The maximum Gasteiger partial charge on any atom is 0.220 e. The van der Waals surface area contributed by atoms with Crippen molar-refractivity contribution < 1.29 is 9.53 Å². The van der Waals surface area contributed by atoms with Gasteiger partial charge in [0.1, 0.15) is 5.75 Å². The van der Waals surface area contributed by atoms with Gasteiger partial charge in [0.25, 0.3) is 0 Å². The second-order valence-corrected chi connectivity index (χ2v) is 4.41. The van der Waals surface area contributed by atoms with Crippen molar-refractivity contribution in [3.8, 4) is 5.75 Å². The summed E-state index contributed by atoms with van der Waals surface area (Å²) < 4.78 is 5.50. The molecule has 5 heteroatoms. The van der Waals surface area contributed by atoms with Gasteiger partial charge < -0.3 is 15.8 Å². The Morgan fingerprint density at radius 2 is 2.05 bits per heavy atom. The van der Waals surface area contributed by atoms with Crippen molar-refractivity contribution in [2.45, 2.75) is 19.8 Å². The van der Waals surface area contributed by atoms with Gasteiger partial charge in [-0.15, -0.1) is 12.4 Å². The Morgan fingerprint density at radius 1 is 1.37 bits per heavy atom. The zero-order valence-electron chi connectivity index (χ0n) is 11.3. The Labute approximate surface area is 121 Å². The summed E-state index contributed by atoms with van der Waals surface area (Å²) in [6.07, 6.45) is 1.21. The first-order valence-corrected chi connectivity index (χ1v) is 6.37. The molecule has 108 valence electrons. The minimum Gasteiger partial charge on any atom is -0.494 e. The Balaban J connectivity index is 0.00000324. The second-order valence-electron chi connectivity index (χ2n) is 4.41. The van der Waals surface area contributed by atoms with E-state index in [0.29, 0.717) is 32.0 Å². The van der Waals surface area contributed by atoms with E-state index >= 15 is 0 Å². The monoisotopic (exact) mass is 286 g/mol. The molecule has 1 aromatic carbocycles. The summed E-state index contributed by atoms with van der Waals surface area (Å²) in [7, 11) is 0. The fourth-order valence-corrected chi connectivity index (χ4v) is 1.40. The Bertz CT molecular complexity index is 347. The van der Waals surface area contributed by atoms with Crippen LogP contribution in [0.1, 0.15) is 19.8 Å². The number of nitrogens with one attached hydrogen (secondary N) is 1. The number of ether oxygens (including phenoxy) is 1. The number of rotatable bonds is 8. The molecule has 0 aliphatic rings. The van der Waals surface area contributed by atoms with E-state index in [1.54, 1.807) is 0 Å². The van der Waals surface area contributed by atoms with Gasteiger partial charge in [-0.3, -0.25) is 4.79 Å². The van der Waals surface area contributed by atoms with Crippen molar-refractivity contribution in [1.82, 2.24) is 5.32 Å². The Hall–Kier alpha value is -1.26. The number of nitrogens with two attached hydrogens (primary N) is 1. The molecule has 1 rings (SSSR count). The molecule has 0 aliphatic carbocycles. The van der Waals surface area contributed by atoms with Crippen LogP contribution in [0, 0.1) is 5.92 Å². The molecule has 3 N–H and O–H groups in total. The van der Waals surface area contributed by atoms with E-state index in [2.05, 4.69) is 5.32 Å². The molecule has 0 saturated carbocycles. The lowest BCUT2D eigenvalue weighted by Gasteiger charge is -2.10. The molecule has 1 aromatic rings. The zero-order valence-corrected chi connectivity index (χ0v) is 12.1. The molecule has 0 fully saturated rings. The minimum atomic E-state index is 0. The van der Waals surface area contributed by atoms with E-state index < -0.39 is 0 Å². The molecule has 0 spiro atoms. The number of amides is 1. The molecule has 0 radical (unpaired) electrons. The van der Waals surface area contributed by atoms with E-state index in [1.807, 2.05) is 37.3 Å². The highest BCUT2D eigenvalue weighted by Gasteiger charge is 2.04. The van der Waals surface area contributed by atoms with E-state index in [-0.39, 0.29) is 18.3 Å². The van der Waals surface area contributed by atoms with Crippen molar-refractivity contribution in [2.75, 3.05) is 19.7 Å². The quantitative estimate of drug-likeness (QED) is 0.718. The third-order valence-corrected chi connectivity index (χ3v) is 2.61. The van der Waals surface area contributed by atoms with Crippen molar-refractivity contribution in [2.24, 2.45) is 11.7 Å². The van der Waals surface area contributed by atoms with E-state index in [0.717, 1.165) is 12.2 Å². The predicted molar refractivity (Wildman–Crippen MR) is 79.6 cm³/mol. The molecule has 0 aromatic heterocycles. The van der Waals surface area contributed by atoms with Gasteiger partial charge in [0, 0.05) is 13.0 Å². The van der Waals surface area contributed by atoms with Gasteiger partial charge in [0.15, 0.2) is 0 Å². The molecule has 4 nitrogen and oxygen atoms in total. The van der Waals surface area contributed by atoms with Crippen LogP contribution in [0.25, 0.3) is 0 Å². The van der Waals surface area contributed by atoms with Crippen molar-refractivity contribution in [3.05, 3.63) is 30.3 Å². The summed E-state index contributed by atoms with van der Waals surface area (Å²) >= 11 is 0. The van der Waals surface area contributed by atoms with Crippen LogP contribution < -0.4 is 15.8 Å². The summed E-state index contributed by atoms with van der Waals surface area (Å²) in [5, 5.41) is 2.86. The van der Waals surface area contributed by atoms with Gasteiger partial charge in [0.2, 0.25) is 5.91 Å². The molecule has 0 aliphatic heterocycles. The Kier molecular flexibility index (Phi) is 9.94. The summed E-state index contributed by atoms with van der Waals surface area (Å²) in [5.41, 5.74) is 5.47. The highest BCUT2D eigenvalue weighted by atomic mass is 35.5. The topological polar surface area (TPSA) is 64.3 Å². The van der Waals surface area contributed by atoms with Gasteiger partial charge in [-0.25, -0.2) is 0 Å². The standard InChI is InChI=1S/C14H22N2O2.ClH/c1-12(10-15)11-16-14(17)8-5-9-18-13-6-3-2-4-7-13;/h2-4,6-7,12H,5,8-11,15H2,1H3,(H,16,17);1H. The van der Waals surface area contributed by atoms with Crippen molar-refractivity contribution in [1.29, 1.82) is 0 Å². The summed E-state index contributed by atoms with van der Waals surface area (Å²) in [6.45, 7) is 3.81. The lowest BCUT2D eigenvalue weighted by molar-refractivity contribution is -0.121. The lowest BCUT2D eigenvalue weighted by Crippen LogP contribution is -2.31. The van der Waals surface area contributed by atoms with Gasteiger partial charge in [-0.1, -0.05) is 25.1 Å². The third kappa shape index (κ3) is 8.46. The fourth-order valence-electron chi connectivity index (χ4n) is 1.40. The Morgan fingerprint density at radius 3 is 2.68 bits per heavy atom. The van der Waals surface area contributed by atoms with Crippen LogP contribution in [0.2, 0.25) is 0 Å². The maximum absolute atomic E-state index is 11.5. The number of para-hydroxylation sites is 1. The normalized spacial score (nSPS) is 11.3. The highest BCUT2D eigenvalue weighted by molar-refractivity contribution is 5.85. The van der Waals surface area contributed by atoms with E-state index in [9.17, 15) is 4.79 Å². The predicted octanol–water partition coefficient (Wildman–Crippen LogP) is 1.98. The van der Waals surface area contributed by atoms with Crippen molar-refractivity contribution >= 4 is 18.3 Å². The fraction of sp³-hybridized carbons (Fsp3) is 0.500. The molecular formula is C14H23ClN2O2. The molecule has 1 amide bonds. The van der Waals surface area contributed by atoms with Crippen LogP contribution in [0.4, 0.5) is 0 Å². The molecule has 19 heavy (non-hydrogen) atoms. The third-order valence-electron chi connectivity index (χ3n) is 2.61. The number of carbonyl (C=O) groups is 1. The molecule has 0 saturated heterocycles. The first kappa shape index (κ1) is 17.7. The lowest BCUT2D eigenvalue weighted by atomic mass is 10.2. The summed E-state index contributed by atoms with van der Waals surface area (Å²) in [4.78, 5) is 11.5. The largest absolute Gasteiger partial charge is 0.494 e. The second kappa shape index (κ2) is 10.6. The number of hydrogen-bond donors (Lipinski definition) is 2. The van der Waals surface area contributed by atoms with Crippen molar-refractivity contribution in [3.63, 3.8) is 0 Å². The first-order valence-electron chi connectivity index (χ1n) is 6.37. The number of benzene rings is 1. The molecular weight excluding hydrogens is 264 g/mol. The minimum absolute atomic E-state index is 0. The summed E-state index contributed by atoms with van der Waals surface area (Å²) in [5.74, 6) is 1.23. The number of carbonyl (C=O) groups excluding carboxylic acids is 1. The smallest absolute Gasteiger partial charge is 0.220 e. The van der Waals surface area contributed by atoms with Gasteiger partial charge >= 0.3 is 0 Å². The van der Waals surface area contributed by atoms with Gasteiger partial charge in [0.05, 0.1) is 6.61 Å². The molecule has 0 bridgehead atoms. The van der Waals surface area contributed by atoms with Crippen LogP contribution in [0.3, 0.4) is 0 Å². The SMILES string of the molecule is CC(CN)CNC(=O)CCCOc1ccccc1.Cl. The highest BCUT2D eigenvalue weighted by Crippen LogP contribution is 2.08. The zero-order chi connectivity index (χ0) is 13.2. The van der Waals surface area contributed by atoms with Crippen LogP contribution in [-0.4, -0.2) is 25.6 Å². The van der Waals surface area contributed by atoms with Crippen LogP contribution >= 0.6 is 12.4 Å². The molecule has 1 unspecified atom stereocenters. The molecule has 0 heterocycles. The number of halogens is 1. The maximum atomic E-state index is 11.5.